The van der Waals surface area contributed by atoms with Crippen LogP contribution in [0.1, 0.15) is 5.56 Å². The average molecular weight is 569 g/mol. The van der Waals surface area contributed by atoms with Crippen molar-refractivity contribution in [2.75, 3.05) is 51.8 Å². The first-order valence-corrected chi connectivity index (χ1v) is 14.3. The Morgan fingerprint density at radius 3 is 2.56 bits per heavy atom. The second-order valence-corrected chi connectivity index (χ2v) is 11.9. The van der Waals surface area contributed by atoms with Crippen LogP contribution in [-0.2, 0) is 14.8 Å². The van der Waals surface area contributed by atoms with Crippen molar-refractivity contribution in [3.05, 3.63) is 65.2 Å². The van der Waals surface area contributed by atoms with Crippen LogP contribution in [0.4, 0.5) is 11.6 Å². The molecule has 2 heterocycles. The molecule has 1 fully saturated rings. The molecule has 0 aliphatic carbocycles. The van der Waals surface area contributed by atoms with Crippen LogP contribution in [0, 0.1) is 6.92 Å². The summed E-state index contributed by atoms with van der Waals surface area (Å²) in [6, 6.07) is 15.0. The standard InChI is InChI=1S/C27H29ClN6O4S/c1-18-15-19(23-17-20(28)3-8-25(23)35)16-24-26(18)30-27(32-31-24)29-21-4-6-22(7-5-21)39(36,37)33(2)9-10-34-11-13-38-14-12-34/h3-8,15-17,35H,9-14H2,1-2H3,(H,29,30,32). The van der Waals surface area contributed by atoms with Crippen LogP contribution >= 0.6 is 11.6 Å². The molecule has 10 nitrogen and oxygen atoms in total. The quantitative estimate of drug-likeness (QED) is 0.324. The smallest absolute Gasteiger partial charge is 0.247 e. The third-order valence-electron chi connectivity index (χ3n) is 6.67. The monoisotopic (exact) mass is 568 g/mol. The number of likely N-dealkylation sites (N-methyl/N-ethyl adjacent to an activating group) is 1. The number of aromatic hydroxyl groups is 1. The van der Waals surface area contributed by atoms with Gasteiger partial charge in [-0.25, -0.2) is 13.4 Å². The van der Waals surface area contributed by atoms with Crippen LogP contribution in [0.25, 0.3) is 22.2 Å². The fourth-order valence-corrected chi connectivity index (χ4v) is 5.74. The van der Waals surface area contributed by atoms with Gasteiger partial charge in [0.05, 0.1) is 23.6 Å². The van der Waals surface area contributed by atoms with Gasteiger partial charge in [0.25, 0.3) is 0 Å². The number of morpholine rings is 1. The van der Waals surface area contributed by atoms with Gasteiger partial charge in [-0.15, -0.1) is 10.2 Å². The van der Waals surface area contributed by atoms with Crippen LogP contribution in [-0.4, -0.2) is 84.4 Å². The first kappa shape index (κ1) is 27.2. The third kappa shape index (κ3) is 6.13. The van der Waals surface area contributed by atoms with Gasteiger partial charge in [-0.2, -0.15) is 4.31 Å². The number of hydrogen-bond donors (Lipinski definition) is 2. The Bertz CT molecular complexity index is 1590. The average Bonchev–Trinajstić information content (AvgIpc) is 2.94. The molecule has 0 atom stereocenters. The number of fused-ring (bicyclic) bond motifs is 1. The highest BCUT2D eigenvalue weighted by Crippen LogP contribution is 2.34. The predicted octanol–water partition coefficient (Wildman–Crippen LogP) is 4.06. The summed E-state index contributed by atoms with van der Waals surface area (Å²) in [5, 5.41) is 22.4. The van der Waals surface area contributed by atoms with E-state index in [4.69, 9.17) is 16.3 Å². The van der Waals surface area contributed by atoms with Crippen molar-refractivity contribution in [2.24, 2.45) is 0 Å². The maximum absolute atomic E-state index is 13.0. The van der Waals surface area contributed by atoms with Gasteiger partial charge in [-0.1, -0.05) is 11.6 Å². The zero-order valence-corrected chi connectivity index (χ0v) is 23.2. The number of hydrogen-bond acceptors (Lipinski definition) is 9. The van der Waals surface area contributed by atoms with E-state index in [1.165, 1.54) is 4.31 Å². The van der Waals surface area contributed by atoms with Gasteiger partial charge in [0.1, 0.15) is 11.3 Å². The van der Waals surface area contributed by atoms with E-state index in [1.807, 2.05) is 13.0 Å². The Hall–Kier alpha value is -3.35. The fraction of sp³-hybridized carbons (Fsp3) is 0.296. The second kappa shape index (κ2) is 11.4. The van der Waals surface area contributed by atoms with Crippen molar-refractivity contribution in [3.63, 3.8) is 0 Å². The molecule has 0 spiro atoms. The lowest BCUT2D eigenvalue weighted by atomic mass is 10.0. The van der Waals surface area contributed by atoms with Crippen LogP contribution in [0.2, 0.25) is 5.02 Å². The molecule has 12 heteroatoms. The summed E-state index contributed by atoms with van der Waals surface area (Å²) in [4.78, 5) is 7.01. The van der Waals surface area contributed by atoms with Gasteiger partial charge < -0.3 is 15.2 Å². The van der Waals surface area contributed by atoms with Gasteiger partial charge in [-0.05, 0) is 72.6 Å². The molecule has 0 radical (unpaired) electrons. The van der Waals surface area contributed by atoms with Crippen molar-refractivity contribution in [1.82, 2.24) is 24.4 Å². The van der Waals surface area contributed by atoms with Crippen LogP contribution in [0.15, 0.2) is 59.5 Å². The molecule has 3 aromatic carbocycles. The first-order valence-electron chi connectivity index (χ1n) is 12.5. The Labute approximate surface area is 232 Å². The minimum absolute atomic E-state index is 0.117. The molecule has 0 unspecified atom stereocenters. The SMILES string of the molecule is Cc1cc(-c2cc(Cl)ccc2O)cc2nnc(Nc3ccc(S(=O)(=O)N(C)CCN4CCOCC4)cc3)nc12. The summed E-state index contributed by atoms with van der Waals surface area (Å²) in [7, 11) is -2.02. The minimum Gasteiger partial charge on any atom is -0.507 e. The molecule has 5 rings (SSSR count). The number of halogens is 1. The van der Waals surface area contributed by atoms with E-state index in [9.17, 15) is 13.5 Å². The lowest BCUT2D eigenvalue weighted by molar-refractivity contribution is 0.0368. The maximum Gasteiger partial charge on any atom is 0.247 e. The topological polar surface area (TPSA) is 121 Å². The molecular formula is C27H29ClN6O4S. The maximum atomic E-state index is 13.0. The predicted molar refractivity (Wildman–Crippen MR) is 151 cm³/mol. The van der Waals surface area contributed by atoms with Gasteiger partial charge >= 0.3 is 0 Å². The summed E-state index contributed by atoms with van der Waals surface area (Å²) in [6.45, 7) is 5.94. The summed E-state index contributed by atoms with van der Waals surface area (Å²) in [5.41, 5.74) is 4.04. The molecule has 1 saturated heterocycles. The summed E-state index contributed by atoms with van der Waals surface area (Å²) >= 11 is 6.11. The molecule has 0 amide bonds. The van der Waals surface area contributed by atoms with E-state index in [1.54, 1.807) is 55.6 Å². The fourth-order valence-electron chi connectivity index (χ4n) is 4.41. The number of benzene rings is 3. The zero-order chi connectivity index (χ0) is 27.6. The molecule has 204 valence electrons. The highest BCUT2D eigenvalue weighted by Gasteiger charge is 2.22. The number of phenols is 1. The molecule has 1 aromatic heterocycles. The Morgan fingerprint density at radius 2 is 1.82 bits per heavy atom. The number of ether oxygens (including phenoxy) is 1. The molecular weight excluding hydrogens is 540 g/mol. The van der Waals surface area contributed by atoms with E-state index < -0.39 is 10.0 Å². The van der Waals surface area contributed by atoms with Crippen LogP contribution in [0.3, 0.4) is 0 Å². The number of anilines is 2. The van der Waals surface area contributed by atoms with Crippen molar-refractivity contribution in [1.29, 1.82) is 0 Å². The van der Waals surface area contributed by atoms with Crippen molar-refractivity contribution < 1.29 is 18.3 Å². The molecule has 1 aliphatic rings. The van der Waals surface area contributed by atoms with Crippen molar-refractivity contribution in [3.8, 4) is 16.9 Å². The highest BCUT2D eigenvalue weighted by atomic mass is 35.5. The lowest BCUT2D eigenvalue weighted by Gasteiger charge is -2.28. The minimum atomic E-state index is -3.62. The molecule has 0 bridgehead atoms. The summed E-state index contributed by atoms with van der Waals surface area (Å²) < 4.78 is 32.8. The van der Waals surface area contributed by atoms with Gasteiger partial charge in [0.15, 0.2) is 0 Å². The molecule has 4 aromatic rings. The number of nitrogens with one attached hydrogen (secondary N) is 1. The Balaban J connectivity index is 1.29. The second-order valence-electron chi connectivity index (χ2n) is 9.39. The van der Waals surface area contributed by atoms with E-state index >= 15 is 0 Å². The molecule has 0 saturated carbocycles. The van der Waals surface area contributed by atoms with E-state index in [0.29, 0.717) is 53.6 Å². The van der Waals surface area contributed by atoms with Gasteiger partial charge in [0.2, 0.25) is 16.0 Å². The van der Waals surface area contributed by atoms with E-state index in [-0.39, 0.29) is 16.6 Å². The largest absolute Gasteiger partial charge is 0.507 e. The summed E-state index contributed by atoms with van der Waals surface area (Å²) in [5.74, 6) is 0.397. The van der Waals surface area contributed by atoms with Gasteiger partial charge in [-0.3, -0.25) is 4.90 Å². The van der Waals surface area contributed by atoms with Crippen molar-refractivity contribution in [2.45, 2.75) is 11.8 Å². The Kier molecular flexibility index (Phi) is 7.96. The first-order chi connectivity index (χ1) is 18.7. The Morgan fingerprint density at radius 1 is 1.08 bits per heavy atom. The van der Waals surface area contributed by atoms with Crippen LogP contribution in [0.5, 0.6) is 5.75 Å². The van der Waals surface area contributed by atoms with E-state index in [0.717, 1.165) is 24.2 Å². The highest BCUT2D eigenvalue weighted by molar-refractivity contribution is 7.89. The lowest BCUT2D eigenvalue weighted by Crippen LogP contribution is -2.41. The zero-order valence-electron chi connectivity index (χ0n) is 21.6. The van der Waals surface area contributed by atoms with Crippen LogP contribution < -0.4 is 5.32 Å². The molecule has 1 aliphatic heterocycles. The number of nitrogens with zero attached hydrogens (tertiary/aromatic N) is 5. The molecule has 2 N–H and O–H groups in total. The van der Waals surface area contributed by atoms with Gasteiger partial charge in [0, 0.05) is 49.5 Å². The normalized spacial score (nSPS) is 14.7. The number of sulfonamides is 1. The number of aromatic nitrogens is 3. The number of rotatable bonds is 8. The summed E-state index contributed by atoms with van der Waals surface area (Å²) in [6.07, 6.45) is 0. The molecule has 39 heavy (non-hydrogen) atoms. The third-order valence-corrected chi connectivity index (χ3v) is 8.78. The number of aryl methyl sites for hydroxylation is 1. The van der Waals surface area contributed by atoms with E-state index in [2.05, 4.69) is 25.4 Å². The number of phenolic OH excluding ortho intramolecular Hbond substituents is 1. The van der Waals surface area contributed by atoms with Crippen molar-refractivity contribution >= 4 is 44.3 Å².